The van der Waals surface area contributed by atoms with E-state index in [0.29, 0.717) is 24.6 Å². The number of rotatable bonds is 10. The van der Waals surface area contributed by atoms with Gasteiger partial charge < -0.3 is 19.4 Å². The predicted octanol–water partition coefficient (Wildman–Crippen LogP) is 5.68. The van der Waals surface area contributed by atoms with Crippen LogP contribution < -0.4 is 10.1 Å². The minimum atomic E-state index is -0.451. The number of esters is 1. The Hall–Kier alpha value is -4.06. The fraction of sp³-hybridized carbons (Fsp3) is 0.267. The van der Waals surface area contributed by atoms with Gasteiger partial charge in [0.05, 0.1) is 6.61 Å². The number of fused-ring (bicyclic) bond motifs is 1. The molecule has 0 unspecified atom stereocenters. The molecule has 6 heteroatoms. The third-order valence-corrected chi connectivity index (χ3v) is 6.04. The number of ether oxygens (including phenoxy) is 2. The van der Waals surface area contributed by atoms with E-state index in [0.717, 1.165) is 27.8 Å². The van der Waals surface area contributed by atoms with E-state index >= 15 is 0 Å². The van der Waals surface area contributed by atoms with Crippen LogP contribution in [-0.4, -0.2) is 29.6 Å². The Labute approximate surface area is 211 Å². The van der Waals surface area contributed by atoms with Gasteiger partial charge in [-0.05, 0) is 53.8 Å². The lowest BCUT2D eigenvalue weighted by molar-refractivity contribution is -0.141. The predicted molar refractivity (Wildman–Crippen MR) is 141 cm³/mol. The number of amides is 1. The smallest absolute Gasteiger partial charge is 0.325 e. The summed E-state index contributed by atoms with van der Waals surface area (Å²) in [4.78, 5) is 24.3. The molecule has 0 saturated heterocycles. The van der Waals surface area contributed by atoms with Gasteiger partial charge in [-0.15, -0.1) is 0 Å². The van der Waals surface area contributed by atoms with E-state index < -0.39 is 5.97 Å². The average Bonchev–Trinajstić information content (AvgIpc) is 3.30. The highest BCUT2D eigenvalue weighted by atomic mass is 16.5. The van der Waals surface area contributed by atoms with Crippen LogP contribution in [-0.2, 0) is 22.7 Å². The Morgan fingerprint density at radius 1 is 0.944 bits per heavy atom. The molecule has 6 nitrogen and oxygen atoms in total. The van der Waals surface area contributed by atoms with E-state index in [1.165, 1.54) is 5.56 Å². The first-order valence-electron chi connectivity index (χ1n) is 12.3. The van der Waals surface area contributed by atoms with Gasteiger partial charge in [-0.3, -0.25) is 9.59 Å². The maximum absolute atomic E-state index is 12.7. The Kier molecular flexibility index (Phi) is 8.06. The van der Waals surface area contributed by atoms with Crippen molar-refractivity contribution in [2.45, 2.75) is 39.8 Å². The van der Waals surface area contributed by atoms with Crippen molar-refractivity contribution in [2.75, 3.05) is 13.2 Å². The van der Waals surface area contributed by atoms with Gasteiger partial charge in [0.2, 0.25) is 0 Å². The minimum absolute atomic E-state index is 0.152. The van der Waals surface area contributed by atoms with Crippen LogP contribution in [0.5, 0.6) is 5.75 Å². The maximum atomic E-state index is 12.7. The Morgan fingerprint density at radius 3 is 2.50 bits per heavy atom. The molecule has 1 heterocycles. The number of nitrogens with zero attached hydrogens (tertiary/aromatic N) is 1. The second-order valence-electron chi connectivity index (χ2n) is 8.97. The second-order valence-corrected chi connectivity index (χ2v) is 8.97. The Bertz CT molecular complexity index is 1340. The highest BCUT2D eigenvalue weighted by molar-refractivity contribution is 6.07. The summed E-state index contributed by atoms with van der Waals surface area (Å²) in [5.41, 5.74) is 4.94. The summed E-state index contributed by atoms with van der Waals surface area (Å²) >= 11 is 0. The zero-order chi connectivity index (χ0) is 25.5. The molecular weight excluding hydrogens is 452 g/mol. The molecule has 1 N–H and O–H groups in total. The van der Waals surface area contributed by atoms with Crippen molar-refractivity contribution in [3.8, 4) is 5.75 Å². The van der Waals surface area contributed by atoms with Gasteiger partial charge in [-0.1, -0.05) is 62.4 Å². The zero-order valence-electron chi connectivity index (χ0n) is 21.0. The molecule has 1 amide bonds. The maximum Gasteiger partial charge on any atom is 0.325 e. The molecular formula is C30H32N2O4. The largest absolute Gasteiger partial charge is 0.489 e. The summed E-state index contributed by atoms with van der Waals surface area (Å²) in [7, 11) is 0. The van der Waals surface area contributed by atoms with E-state index in [1.807, 2.05) is 48.7 Å². The summed E-state index contributed by atoms with van der Waals surface area (Å²) in [5, 5.41) is 3.49. The van der Waals surface area contributed by atoms with Gasteiger partial charge in [0.1, 0.15) is 18.9 Å². The lowest BCUT2D eigenvalue weighted by Crippen LogP contribution is -2.30. The third kappa shape index (κ3) is 5.95. The van der Waals surface area contributed by atoms with Gasteiger partial charge in [-0.2, -0.15) is 0 Å². The summed E-state index contributed by atoms with van der Waals surface area (Å²) in [6.45, 7) is 7.39. The topological polar surface area (TPSA) is 69.6 Å². The van der Waals surface area contributed by atoms with Crippen molar-refractivity contribution in [1.29, 1.82) is 0 Å². The number of nitrogens with one attached hydrogen (secondary N) is 1. The summed E-state index contributed by atoms with van der Waals surface area (Å²) < 4.78 is 13.2. The standard InChI is InChI=1S/C30H32N2O4/c1-4-35-29(33)18-31-30(34)25-11-8-12-27-24(25)15-16-32(27)19-23-13-14-28(26(17-23)21(2)3)36-20-22-9-6-5-7-10-22/h5-17,21H,4,18-20H2,1-3H3,(H,31,34). The van der Waals surface area contributed by atoms with Crippen molar-refractivity contribution < 1.29 is 19.1 Å². The Morgan fingerprint density at radius 2 is 1.75 bits per heavy atom. The van der Waals surface area contributed by atoms with Crippen molar-refractivity contribution >= 4 is 22.8 Å². The Balaban J connectivity index is 1.52. The summed E-state index contributed by atoms with van der Waals surface area (Å²) in [6, 6.07) is 24.1. The molecule has 1 aromatic heterocycles. The number of benzene rings is 3. The first-order valence-corrected chi connectivity index (χ1v) is 12.3. The second kappa shape index (κ2) is 11.6. The first-order chi connectivity index (χ1) is 17.5. The van der Waals surface area contributed by atoms with Crippen LogP contribution in [0.1, 0.15) is 53.7 Å². The number of aromatic nitrogens is 1. The van der Waals surface area contributed by atoms with Crippen LogP contribution in [0.2, 0.25) is 0 Å². The van der Waals surface area contributed by atoms with Crippen LogP contribution in [0.15, 0.2) is 79.0 Å². The molecule has 0 spiro atoms. The third-order valence-electron chi connectivity index (χ3n) is 6.04. The van der Waals surface area contributed by atoms with E-state index in [2.05, 4.69) is 48.0 Å². The number of carbonyl (C=O) groups is 2. The normalized spacial score (nSPS) is 11.0. The average molecular weight is 485 g/mol. The molecule has 0 aliphatic heterocycles. The van der Waals surface area contributed by atoms with Crippen molar-refractivity contribution in [1.82, 2.24) is 9.88 Å². The van der Waals surface area contributed by atoms with Crippen LogP contribution >= 0.6 is 0 Å². The zero-order valence-corrected chi connectivity index (χ0v) is 21.0. The lowest BCUT2D eigenvalue weighted by Gasteiger charge is -2.16. The number of carbonyl (C=O) groups excluding carboxylic acids is 2. The fourth-order valence-electron chi connectivity index (χ4n) is 4.23. The van der Waals surface area contributed by atoms with Gasteiger partial charge in [0.25, 0.3) is 5.91 Å². The molecule has 0 atom stereocenters. The highest BCUT2D eigenvalue weighted by Crippen LogP contribution is 2.29. The quantitative estimate of drug-likeness (QED) is 0.294. The number of hydrogen-bond acceptors (Lipinski definition) is 4. The van der Waals surface area contributed by atoms with E-state index in [9.17, 15) is 9.59 Å². The molecule has 3 aromatic carbocycles. The minimum Gasteiger partial charge on any atom is -0.489 e. The first kappa shape index (κ1) is 25.0. The molecule has 0 fully saturated rings. The van der Waals surface area contributed by atoms with E-state index in [1.54, 1.807) is 13.0 Å². The molecule has 0 saturated carbocycles. The van der Waals surface area contributed by atoms with Gasteiger partial charge in [0.15, 0.2) is 0 Å². The summed E-state index contributed by atoms with van der Waals surface area (Å²) in [5.74, 6) is 0.462. The molecule has 4 rings (SSSR count). The monoisotopic (exact) mass is 484 g/mol. The molecule has 0 aliphatic rings. The molecule has 0 bridgehead atoms. The van der Waals surface area contributed by atoms with Crippen LogP contribution in [0.4, 0.5) is 0 Å². The van der Waals surface area contributed by atoms with Crippen LogP contribution in [0.25, 0.3) is 10.9 Å². The fourth-order valence-corrected chi connectivity index (χ4v) is 4.23. The van der Waals surface area contributed by atoms with Crippen molar-refractivity contribution in [3.05, 3.63) is 101 Å². The van der Waals surface area contributed by atoms with E-state index in [4.69, 9.17) is 9.47 Å². The lowest BCUT2D eigenvalue weighted by atomic mass is 9.99. The summed E-state index contributed by atoms with van der Waals surface area (Å²) in [6.07, 6.45) is 1.99. The van der Waals surface area contributed by atoms with Crippen LogP contribution in [0, 0.1) is 0 Å². The van der Waals surface area contributed by atoms with E-state index in [-0.39, 0.29) is 19.1 Å². The van der Waals surface area contributed by atoms with Crippen molar-refractivity contribution in [3.63, 3.8) is 0 Å². The molecule has 186 valence electrons. The van der Waals surface area contributed by atoms with Gasteiger partial charge >= 0.3 is 5.97 Å². The van der Waals surface area contributed by atoms with Crippen LogP contribution in [0.3, 0.4) is 0 Å². The van der Waals surface area contributed by atoms with Gasteiger partial charge in [-0.25, -0.2) is 0 Å². The molecule has 0 radical (unpaired) electrons. The highest BCUT2D eigenvalue weighted by Gasteiger charge is 2.15. The van der Waals surface area contributed by atoms with Crippen molar-refractivity contribution in [2.24, 2.45) is 0 Å². The molecule has 4 aromatic rings. The SMILES string of the molecule is CCOC(=O)CNC(=O)c1cccc2c1ccn2Cc1ccc(OCc2ccccc2)c(C(C)C)c1. The number of hydrogen-bond donors (Lipinski definition) is 1. The molecule has 36 heavy (non-hydrogen) atoms. The molecule has 0 aliphatic carbocycles. The van der Waals surface area contributed by atoms with Gasteiger partial charge in [0, 0.05) is 29.2 Å².